The molecule has 1 aliphatic rings. The molecule has 4 rings (SSSR count). The molecule has 0 aliphatic carbocycles. The first-order valence-corrected chi connectivity index (χ1v) is 10.6. The zero-order chi connectivity index (χ0) is 21.1. The predicted molar refractivity (Wildman–Crippen MR) is 107 cm³/mol. The molecule has 0 saturated carbocycles. The summed E-state index contributed by atoms with van der Waals surface area (Å²) in [6, 6.07) is 9.63. The fraction of sp³-hybridized carbons (Fsp3) is 0.211. The van der Waals surface area contributed by atoms with E-state index in [0.29, 0.717) is 30.8 Å². The molecule has 2 aromatic heterocycles. The zero-order valence-corrected chi connectivity index (χ0v) is 16.6. The maximum absolute atomic E-state index is 14.0. The normalized spacial score (nSPS) is 15.2. The lowest BCUT2D eigenvalue weighted by atomic mass is 10.3. The number of sulfonamides is 1. The highest BCUT2D eigenvalue weighted by molar-refractivity contribution is 7.89. The Labute approximate surface area is 172 Å². The average Bonchev–Trinajstić information content (AvgIpc) is 2.75. The molecule has 1 saturated heterocycles. The first-order chi connectivity index (χ1) is 14.4. The Kier molecular flexibility index (Phi) is 5.55. The molecular formula is C19H18F2N6O2S. The minimum absolute atomic E-state index is 0.151. The Balaban J connectivity index is 1.40. The molecule has 0 atom stereocenters. The highest BCUT2D eigenvalue weighted by Gasteiger charge is 2.31. The fourth-order valence-corrected chi connectivity index (χ4v) is 4.59. The number of nitrogens with zero attached hydrogens (tertiary/aromatic N) is 5. The van der Waals surface area contributed by atoms with Crippen molar-refractivity contribution in [3.05, 3.63) is 66.5 Å². The molecule has 156 valence electrons. The van der Waals surface area contributed by atoms with Crippen molar-refractivity contribution < 1.29 is 17.2 Å². The Morgan fingerprint density at radius 2 is 1.63 bits per heavy atom. The Morgan fingerprint density at radius 1 is 0.900 bits per heavy atom. The summed E-state index contributed by atoms with van der Waals surface area (Å²) in [5, 5.41) is 11.4. The quantitative estimate of drug-likeness (QED) is 0.662. The first-order valence-electron chi connectivity index (χ1n) is 9.14. The molecule has 0 unspecified atom stereocenters. The summed E-state index contributed by atoms with van der Waals surface area (Å²) in [4.78, 5) is 5.32. The molecule has 0 bridgehead atoms. The van der Waals surface area contributed by atoms with Gasteiger partial charge in [0.2, 0.25) is 10.0 Å². The van der Waals surface area contributed by atoms with E-state index < -0.39 is 26.6 Å². The van der Waals surface area contributed by atoms with E-state index in [1.165, 1.54) is 4.31 Å². The lowest BCUT2D eigenvalue weighted by molar-refractivity contribution is 0.381. The molecule has 1 N–H and O–H groups in total. The molecule has 1 aromatic carbocycles. The van der Waals surface area contributed by atoms with Gasteiger partial charge in [0.05, 0.1) is 0 Å². The van der Waals surface area contributed by atoms with E-state index in [1.54, 1.807) is 36.7 Å². The van der Waals surface area contributed by atoms with E-state index >= 15 is 0 Å². The van der Waals surface area contributed by atoms with E-state index in [-0.39, 0.29) is 13.1 Å². The SMILES string of the molecule is O=S(=O)(c1ccc(F)cc1F)N1CCN(c2ccc(Nc3ccncc3)nn2)CC1. The van der Waals surface area contributed by atoms with Crippen molar-refractivity contribution >= 4 is 27.3 Å². The molecule has 0 spiro atoms. The molecule has 0 amide bonds. The van der Waals surface area contributed by atoms with E-state index in [1.807, 2.05) is 4.90 Å². The monoisotopic (exact) mass is 432 g/mol. The van der Waals surface area contributed by atoms with Gasteiger partial charge >= 0.3 is 0 Å². The molecular weight excluding hydrogens is 414 g/mol. The number of anilines is 3. The summed E-state index contributed by atoms with van der Waals surface area (Å²) in [6.07, 6.45) is 3.32. The maximum atomic E-state index is 14.0. The van der Waals surface area contributed by atoms with Crippen molar-refractivity contribution in [3.63, 3.8) is 0 Å². The third kappa shape index (κ3) is 4.21. The van der Waals surface area contributed by atoms with E-state index in [9.17, 15) is 17.2 Å². The molecule has 30 heavy (non-hydrogen) atoms. The van der Waals surface area contributed by atoms with Crippen molar-refractivity contribution in [2.24, 2.45) is 0 Å². The molecule has 11 heteroatoms. The van der Waals surface area contributed by atoms with Gasteiger partial charge in [0.25, 0.3) is 0 Å². The predicted octanol–water partition coefficient (Wildman–Crippen LogP) is 2.40. The van der Waals surface area contributed by atoms with Gasteiger partial charge in [-0.15, -0.1) is 10.2 Å². The smallest absolute Gasteiger partial charge is 0.246 e. The second-order valence-corrected chi connectivity index (χ2v) is 8.51. The van der Waals surface area contributed by atoms with E-state index in [2.05, 4.69) is 20.5 Å². The van der Waals surface area contributed by atoms with Crippen molar-refractivity contribution in [2.45, 2.75) is 4.90 Å². The second kappa shape index (κ2) is 8.28. The van der Waals surface area contributed by atoms with Crippen molar-refractivity contribution in [2.75, 3.05) is 36.4 Å². The number of hydrogen-bond donors (Lipinski definition) is 1. The van der Waals surface area contributed by atoms with Crippen LogP contribution in [0.15, 0.2) is 59.8 Å². The highest BCUT2D eigenvalue weighted by atomic mass is 32.2. The Morgan fingerprint density at radius 3 is 2.27 bits per heavy atom. The number of hydrogen-bond acceptors (Lipinski definition) is 7. The van der Waals surface area contributed by atoms with Gasteiger partial charge in [-0.25, -0.2) is 17.2 Å². The van der Waals surface area contributed by atoms with Gasteiger partial charge in [-0.1, -0.05) is 0 Å². The van der Waals surface area contributed by atoms with Crippen molar-refractivity contribution in [1.29, 1.82) is 0 Å². The average molecular weight is 432 g/mol. The highest BCUT2D eigenvalue weighted by Crippen LogP contribution is 2.23. The van der Waals surface area contributed by atoms with Crippen LogP contribution in [0.3, 0.4) is 0 Å². The molecule has 3 aromatic rings. The van der Waals surface area contributed by atoms with Crippen molar-refractivity contribution in [3.8, 4) is 0 Å². The van der Waals surface area contributed by atoms with Crippen LogP contribution in [0.5, 0.6) is 0 Å². The summed E-state index contributed by atoms with van der Waals surface area (Å²) >= 11 is 0. The zero-order valence-electron chi connectivity index (χ0n) is 15.7. The van der Waals surface area contributed by atoms with Gasteiger partial charge in [-0.05, 0) is 36.4 Å². The van der Waals surface area contributed by atoms with E-state index in [4.69, 9.17) is 0 Å². The Bertz CT molecular complexity index is 1120. The topological polar surface area (TPSA) is 91.3 Å². The number of pyridine rings is 1. The van der Waals surface area contributed by atoms with Crippen LogP contribution in [0.2, 0.25) is 0 Å². The van der Waals surface area contributed by atoms with Crippen LogP contribution in [0.1, 0.15) is 0 Å². The number of halogens is 2. The molecule has 8 nitrogen and oxygen atoms in total. The number of piperazine rings is 1. The largest absolute Gasteiger partial charge is 0.352 e. The number of nitrogens with one attached hydrogen (secondary N) is 1. The van der Waals surface area contributed by atoms with Crippen LogP contribution in [0.4, 0.5) is 26.1 Å². The van der Waals surface area contributed by atoms with Gasteiger partial charge < -0.3 is 10.2 Å². The summed E-state index contributed by atoms with van der Waals surface area (Å²) in [5.74, 6) is -0.740. The number of benzene rings is 1. The van der Waals surface area contributed by atoms with E-state index in [0.717, 1.165) is 17.8 Å². The van der Waals surface area contributed by atoms with Gasteiger partial charge in [-0.3, -0.25) is 4.98 Å². The molecule has 1 fully saturated rings. The van der Waals surface area contributed by atoms with Gasteiger partial charge in [0, 0.05) is 50.3 Å². The minimum Gasteiger partial charge on any atom is -0.352 e. The van der Waals surface area contributed by atoms with Gasteiger partial charge in [-0.2, -0.15) is 4.31 Å². The van der Waals surface area contributed by atoms with Crippen LogP contribution in [-0.2, 0) is 10.0 Å². The summed E-state index contributed by atoms with van der Waals surface area (Å²) in [6.45, 7) is 1.04. The standard InChI is InChI=1S/C19H18F2N6O2S/c20-14-1-2-17(16(21)13-14)30(28,29)27-11-9-26(10-12-27)19-4-3-18(24-25-19)23-15-5-7-22-8-6-15/h1-8,13H,9-12H2,(H,22,23,24). The lowest BCUT2D eigenvalue weighted by Gasteiger charge is -2.34. The minimum atomic E-state index is -4.04. The molecule has 1 aliphatic heterocycles. The van der Waals surface area contributed by atoms with Crippen LogP contribution in [0.25, 0.3) is 0 Å². The fourth-order valence-electron chi connectivity index (χ4n) is 3.12. The second-order valence-electron chi connectivity index (χ2n) is 6.60. The van der Waals surface area contributed by atoms with Crippen LogP contribution in [0, 0.1) is 11.6 Å². The molecule has 0 radical (unpaired) electrons. The van der Waals surface area contributed by atoms with Crippen LogP contribution in [-0.4, -0.2) is 54.1 Å². The van der Waals surface area contributed by atoms with Crippen LogP contribution >= 0.6 is 0 Å². The third-order valence-electron chi connectivity index (χ3n) is 4.68. The Hall–Kier alpha value is -3.18. The summed E-state index contributed by atoms with van der Waals surface area (Å²) in [5.41, 5.74) is 0.832. The summed E-state index contributed by atoms with van der Waals surface area (Å²) in [7, 11) is -4.04. The number of aromatic nitrogens is 3. The molecule has 3 heterocycles. The third-order valence-corrected chi connectivity index (χ3v) is 6.61. The van der Waals surface area contributed by atoms with Gasteiger partial charge in [0.15, 0.2) is 11.6 Å². The summed E-state index contributed by atoms with van der Waals surface area (Å²) < 4.78 is 53.6. The maximum Gasteiger partial charge on any atom is 0.246 e. The van der Waals surface area contributed by atoms with Crippen LogP contribution < -0.4 is 10.2 Å². The number of rotatable bonds is 5. The lowest BCUT2D eigenvalue weighted by Crippen LogP contribution is -2.49. The van der Waals surface area contributed by atoms with Crippen molar-refractivity contribution in [1.82, 2.24) is 19.5 Å². The van der Waals surface area contributed by atoms with Gasteiger partial charge in [0.1, 0.15) is 16.5 Å². The first kappa shape index (κ1) is 20.1.